The van der Waals surface area contributed by atoms with Gasteiger partial charge in [-0.15, -0.1) is 0 Å². The predicted molar refractivity (Wildman–Crippen MR) is 98.8 cm³/mol. The van der Waals surface area contributed by atoms with Gasteiger partial charge in [-0.25, -0.2) is 9.59 Å². The fourth-order valence-electron chi connectivity index (χ4n) is 2.13. The van der Waals surface area contributed by atoms with Crippen molar-refractivity contribution in [1.82, 2.24) is 4.98 Å². The number of amides is 2. The van der Waals surface area contributed by atoms with E-state index in [1.165, 1.54) is 6.07 Å². The van der Waals surface area contributed by atoms with Crippen LogP contribution in [-0.2, 0) is 4.74 Å². The third-order valence-corrected chi connectivity index (χ3v) is 3.87. The van der Waals surface area contributed by atoms with Crippen LogP contribution in [0.5, 0.6) is 0 Å². The Morgan fingerprint density at radius 3 is 2.40 bits per heavy atom. The second kappa shape index (κ2) is 8.18. The quantitative estimate of drug-likeness (QED) is 0.743. The summed E-state index contributed by atoms with van der Waals surface area (Å²) in [4.78, 5) is 28.4. The van der Waals surface area contributed by atoms with Gasteiger partial charge in [0.05, 0.1) is 40.0 Å². The number of esters is 1. The minimum Gasteiger partial charge on any atom is -0.462 e. The van der Waals surface area contributed by atoms with Gasteiger partial charge in [-0.05, 0) is 45.0 Å². The zero-order chi connectivity index (χ0) is 18.6. The van der Waals surface area contributed by atoms with E-state index < -0.39 is 12.0 Å². The minimum atomic E-state index is -0.521. The molecule has 1 aromatic carbocycles. The molecule has 0 saturated carbocycles. The molecule has 2 N–H and O–H groups in total. The summed E-state index contributed by atoms with van der Waals surface area (Å²) in [5, 5.41) is 6.05. The molecule has 8 heteroatoms. The standard InChI is InChI=1S/C17H17Cl2N3O3/c1-4-25-16(23)12-8-15(10(3)20-9(12)2)22-17(24)21-14-6-5-11(18)7-13(14)19/h5-8H,4H2,1-3H3,(H2,21,22,24). The number of benzene rings is 1. The molecule has 0 aliphatic carbocycles. The first-order valence-electron chi connectivity index (χ1n) is 7.50. The fourth-order valence-corrected chi connectivity index (χ4v) is 2.59. The van der Waals surface area contributed by atoms with Gasteiger partial charge < -0.3 is 15.4 Å². The Bertz CT molecular complexity index is 825. The van der Waals surface area contributed by atoms with E-state index in [-0.39, 0.29) is 6.61 Å². The van der Waals surface area contributed by atoms with Gasteiger partial charge in [0.15, 0.2) is 0 Å². The van der Waals surface area contributed by atoms with Gasteiger partial charge in [-0.3, -0.25) is 4.98 Å². The first-order chi connectivity index (χ1) is 11.8. The Balaban J connectivity index is 2.19. The second-order valence-electron chi connectivity index (χ2n) is 5.18. The molecule has 2 rings (SSSR count). The van der Waals surface area contributed by atoms with Gasteiger partial charge in [0.2, 0.25) is 0 Å². The van der Waals surface area contributed by atoms with Gasteiger partial charge in [0.25, 0.3) is 0 Å². The van der Waals surface area contributed by atoms with E-state index in [1.54, 1.807) is 39.0 Å². The third-order valence-electron chi connectivity index (χ3n) is 3.33. The van der Waals surface area contributed by atoms with Crippen LogP contribution in [0.3, 0.4) is 0 Å². The molecule has 1 aromatic heterocycles. The number of aromatic nitrogens is 1. The Morgan fingerprint density at radius 1 is 1.08 bits per heavy atom. The van der Waals surface area contributed by atoms with Crippen LogP contribution in [0.25, 0.3) is 0 Å². The molecule has 0 radical (unpaired) electrons. The molecule has 25 heavy (non-hydrogen) atoms. The summed E-state index contributed by atoms with van der Waals surface area (Å²) in [6.45, 7) is 5.41. The fraction of sp³-hybridized carbons (Fsp3) is 0.235. The lowest BCUT2D eigenvalue weighted by Gasteiger charge is -2.13. The van der Waals surface area contributed by atoms with Gasteiger partial charge in [0, 0.05) is 5.02 Å². The average molecular weight is 382 g/mol. The van der Waals surface area contributed by atoms with Crippen molar-refractivity contribution in [3.8, 4) is 0 Å². The van der Waals surface area contributed by atoms with Crippen LogP contribution in [0.15, 0.2) is 24.3 Å². The number of pyridine rings is 1. The molecule has 0 saturated heterocycles. The number of anilines is 2. The number of aryl methyl sites for hydroxylation is 2. The Morgan fingerprint density at radius 2 is 1.76 bits per heavy atom. The number of rotatable bonds is 4. The zero-order valence-electron chi connectivity index (χ0n) is 13.9. The van der Waals surface area contributed by atoms with Crippen molar-refractivity contribution in [3.63, 3.8) is 0 Å². The highest BCUT2D eigenvalue weighted by atomic mass is 35.5. The van der Waals surface area contributed by atoms with Crippen LogP contribution in [-0.4, -0.2) is 23.6 Å². The lowest BCUT2D eigenvalue weighted by atomic mass is 10.1. The maximum atomic E-state index is 12.2. The number of urea groups is 1. The minimum absolute atomic E-state index is 0.254. The van der Waals surface area contributed by atoms with Crippen LogP contribution in [0.1, 0.15) is 28.7 Å². The highest BCUT2D eigenvalue weighted by Gasteiger charge is 2.16. The Hall–Kier alpha value is -2.31. The lowest BCUT2D eigenvalue weighted by Crippen LogP contribution is -2.21. The summed E-state index contributed by atoms with van der Waals surface area (Å²) < 4.78 is 4.99. The lowest BCUT2D eigenvalue weighted by molar-refractivity contribution is 0.0525. The van der Waals surface area contributed by atoms with E-state index in [1.807, 2.05) is 0 Å². The van der Waals surface area contributed by atoms with E-state index >= 15 is 0 Å². The van der Waals surface area contributed by atoms with Crippen LogP contribution in [0, 0.1) is 13.8 Å². The average Bonchev–Trinajstić information content (AvgIpc) is 2.53. The highest BCUT2D eigenvalue weighted by molar-refractivity contribution is 6.36. The number of ether oxygens (including phenoxy) is 1. The maximum Gasteiger partial charge on any atom is 0.340 e. The van der Waals surface area contributed by atoms with Gasteiger partial charge in [-0.1, -0.05) is 23.2 Å². The third kappa shape index (κ3) is 4.84. The topological polar surface area (TPSA) is 80.3 Å². The van der Waals surface area contributed by atoms with E-state index in [0.717, 1.165) is 0 Å². The molecular formula is C17H17Cl2N3O3. The smallest absolute Gasteiger partial charge is 0.340 e. The number of hydrogen-bond donors (Lipinski definition) is 2. The van der Waals surface area contributed by atoms with Crippen molar-refractivity contribution >= 4 is 46.6 Å². The van der Waals surface area contributed by atoms with Crippen molar-refractivity contribution in [2.75, 3.05) is 17.2 Å². The number of halogens is 2. The number of hydrogen-bond acceptors (Lipinski definition) is 4. The Labute approximate surface area is 155 Å². The first-order valence-corrected chi connectivity index (χ1v) is 8.25. The SMILES string of the molecule is CCOC(=O)c1cc(NC(=O)Nc2ccc(Cl)cc2Cl)c(C)nc1C. The highest BCUT2D eigenvalue weighted by Crippen LogP contribution is 2.26. The van der Waals surface area contributed by atoms with Crippen LogP contribution < -0.4 is 10.6 Å². The molecule has 132 valence electrons. The molecule has 0 bridgehead atoms. The molecule has 1 heterocycles. The van der Waals surface area contributed by atoms with Gasteiger partial charge >= 0.3 is 12.0 Å². The number of nitrogens with one attached hydrogen (secondary N) is 2. The summed E-state index contributed by atoms with van der Waals surface area (Å²) in [5.41, 5.74) is 2.21. The second-order valence-corrected chi connectivity index (χ2v) is 6.02. The number of carbonyl (C=O) groups excluding carboxylic acids is 2. The van der Waals surface area contributed by atoms with E-state index in [2.05, 4.69) is 15.6 Å². The number of nitrogens with zero attached hydrogens (tertiary/aromatic N) is 1. The van der Waals surface area contributed by atoms with E-state index in [4.69, 9.17) is 27.9 Å². The normalized spacial score (nSPS) is 10.3. The molecule has 2 amide bonds. The number of carbonyl (C=O) groups is 2. The summed E-state index contributed by atoms with van der Waals surface area (Å²) >= 11 is 11.9. The first kappa shape index (κ1) is 19.0. The zero-order valence-corrected chi connectivity index (χ0v) is 15.5. The van der Waals surface area contributed by atoms with Gasteiger partial charge in [-0.2, -0.15) is 0 Å². The van der Waals surface area contributed by atoms with Crippen LogP contribution in [0.2, 0.25) is 10.0 Å². The molecule has 0 aliphatic heterocycles. The molecule has 0 spiro atoms. The van der Waals surface area contributed by atoms with Crippen molar-refractivity contribution in [3.05, 3.63) is 51.3 Å². The monoisotopic (exact) mass is 381 g/mol. The van der Waals surface area contributed by atoms with E-state index in [9.17, 15) is 9.59 Å². The molecule has 0 fully saturated rings. The predicted octanol–water partition coefficient (Wildman–Crippen LogP) is 4.83. The maximum absolute atomic E-state index is 12.2. The molecular weight excluding hydrogens is 365 g/mol. The van der Waals surface area contributed by atoms with Crippen molar-refractivity contribution in [2.24, 2.45) is 0 Å². The molecule has 0 unspecified atom stereocenters. The molecule has 0 aliphatic rings. The summed E-state index contributed by atoms with van der Waals surface area (Å²) in [6, 6.07) is 5.75. The van der Waals surface area contributed by atoms with E-state index in [0.29, 0.717) is 38.4 Å². The van der Waals surface area contributed by atoms with Crippen molar-refractivity contribution < 1.29 is 14.3 Å². The molecule has 0 atom stereocenters. The van der Waals surface area contributed by atoms with Crippen LogP contribution in [0.4, 0.5) is 16.2 Å². The Kier molecular flexibility index (Phi) is 6.22. The van der Waals surface area contributed by atoms with Crippen molar-refractivity contribution in [2.45, 2.75) is 20.8 Å². The molecule has 2 aromatic rings. The summed E-state index contributed by atoms with van der Waals surface area (Å²) in [5.74, 6) is -0.489. The largest absolute Gasteiger partial charge is 0.462 e. The van der Waals surface area contributed by atoms with Crippen molar-refractivity contribution in [1.29, 1.82) is 0 Å². The van der Waals surface area contributed by atoms with Gasteiger partial charge in [0.1, 0.15) is 0 Å². The van der Waals surface area contributed by atoms with Crippen LogP contribution >= 0.6 is 23.2 Å². The summed E-state index contributed by atoms with van der Waals surface area (Å²) in [6.07, 6.45) is 0. The molecule has 6 nitrogen and oxygen atoms in total. The summed E-state index contributed by atoms with van der Waals surface area (Å²) in [7, 11) is 0.